The first-order valence-electron chi connectivity index (χ1n) is 4.95. The number of nitrogens with zero attached hydrogens (tertiary/aromatic N) is 1. The number of aromatic nitrogens is 1. The van der Waals surface area contributed by atoms with Gasteiger partial charge < -0.3 is 15.8 Å². The van der Waals surface area contributed by atoms with Crippen molar-refractivity contribution in [3.05, 3.63) is 24.0 Å². The zero-order valence-electron chi connectivity index (χ0n) is 9.49. The highest BCUT2D eigenvalue weighted by Crippen LogP contribution is 2.27. The number of nitrogens with one attached hydrogen (secondary N) is 1. The number of methoxy groups -OCH3 is 1. The smallest absolute Gasteiger partial charge is 0.370 e. The second-order valence-corrected chi connectivity index (χ2v) is 3.38. The van der Waals surface area contributed by atoms with E-state index in [2.05, 4.69) is 10.3 Å². The van der Waals surface area contributed by atoms with Crippen molar-refractivity contribution in [3.63, 3.8) is 0 Å². The number of ether oxygens (including phenoxy) is 1. The van der Waals surface area contributed by atoms with Crippen molar-refractivity contribution in [1.82, 2.24) is 4.98 Å². The van der Waals surface area contributed by atoms with Gasteiger partial charge in [-0.25, -0.2) is 4.98 Å². The number of pyridine rings is 1. The van der Waals surface area contributed by atoms with E-state index in [0.29, 0.717) is 0 Å². The van der Waals surface area contributed by atoms with E-state index in [1.807, 2.05) is 0 Å². The number of alkyl halides is 3. The second kappa shape index (κ2) is 5.78. The minimum atomic E-state index is -4.51. The van der Waals surface area contributed by atoms with Crippen LogP contribution in [0.3, 0.4) is 0 Å². The van der Waals surface area contributed by atoms with Crippen LogP contribution in [0.1, 0.15) is 5.69 Å². The molecular formula is C10H12F3N3O2. The van der Waals surface area contributed by atoms with Crippen LogP contribution in [0.15, 0.2) is 18.3 Å². The maximum atomic E-state index is 12.2. The number of rotatable bonds is 4. The van der Waals surface area contributed by atoms with Crippen LogP contribution in [0.5, 0.6) is 0 Å². The second-order valence-electron chi connectivity index (χ2n) is 3.38. The molecule has 1 aromatic rings. The first-order chi connectivity index (χ1) is 8.38. The zero-order chi connectivity index (χ0) is 13.8. The van der Waals surface area contributed by atoms with Gasteiger partial charge in [0, 0.05) is 13.7 Å². The lowest BCUT2D eigenvalue weighted by Gasteiger charge is -2.13. The van der Waals surface area contributed by atoms with E-state index < -0.39 is 23.9 Å². The van der Waals surface area contributed by atoms with Crippen LogP contribution in [0, 0.1) is 0 Å². The summed E-state index contributed by atoms with van der Waals surface area (Å²) in [5.74, 6) is -0.540. The fourth-order valence-electron chi connectivity index (χ4n) is 1.17. The minimum absolute atomic E-state index is 0.0314. The number of hydrogen-bond acceptors (Lipinski definition) is 4. The lowest BCUT2D eigenvalue weighted by molar-refractivity contribution is -0.141. The first kappa shape index (κ1) is 14.4. The SMILES string of the molecule is COC(CN)C(=O)Nc1ccc(C(F)(F)F)nc1. The van der Waals surface area contributed by atoms with Crippen molar-refractivity contribution < 1.29 is 22.7 Å². The molecule has 0 aliphatic heterocycles. The third-order valence-electron chi connectivity index (χ3n) is 2.11. The number of carbonyl (C=O) groups excluding carboxylic acids is 1. The summed E-state index contributed by atoms with van der Waals surface area (Å²) in [6.45, 7) is -0.0314. The molecule has 0 saturated heterocycles. The lowest BCUT2D eigenvalue weighted by atomic mass is 10.3. The topological polar surface area (TPSA) is 77.2 Å². The maximum absolute atomic E-state index is 12.2. The number of hydrogen-bond donors (Lipinski definition) is 2. The number of nitrogens with two attached hydrogens (primary N) is 1. The summed E-state index contributed by atoms with van der Waals surface area (Å²) in [5.41, 5.74) is 4.39. The molecule has 0 aliphatic carbocycles. The molecule has 0 radical (unpaired) electrons. The number of halogens is 3. The molecule has 0 aliphatic rings. The van der Waals surface area contributed by atoms with Crippen LogP contribution in [-0.4, -0.2) is 30.6 Å². The van der Waals surface area contributed by atoms with Crippen molar-refractivity contribution in [2.75, 3.05) is 19.0 Å². The number of carbonyl (C=O) groups is 1. The van der Waals surface area contributed by atoms with E-state index in [1.165, 1.54) is 7.11 Å². The van der Waals surface area contributed by atoms with Gasteiger partial charge in [-0.15, -0.1) is 0 Å². The molecule has 0 spiro atoms. The monoisotopic (exact) mass is 263 g/mol. The predicted molar refractivity (Wildman–Crippen MR) is 57.7 cm³/mol. The van der Waals surface area contributed by atoms with E-state index in [1.54, 1.807) is 0 Å². The molecule has 0 aromatic carbocycles. The third kappa shape index (κ3) is 3.67. The number of anilines is 1. The largest absolute Gasteiger partial charge is 0.433 e. The van der Waals surface area contributed by atoms with Gasteiger partial charge >= 0.3 is 6.18 Å². The molecule has 3 N–H and O–H groups in total. The lowest BCUT2D eigenvalue weighted by Crippen LogP contribution is -2.35. The zero-order valence-corrected chi connectivity index (χ0v) is 9.49. The van der Waals surface area contributed by atoms with Gasteiger partial charge in [-0.3, -0.25) is 4.79 Å². The van der Waals surface area contributed by atoms with E-state index in [4.69, 9.17) is 10.5 Å². The van der Waals surface area contributed by atoms with Crippen molar-refractivity contribution in [1.29, 1.82) is 0 Å². The van der Waals surface area contributed by atoms with Crippen molar-refractivity contribution in [2.24, 2.45) is 5.73 Å². The van der Waals surface area contributed by atoms with Crippen molar-refractivity contribution in [3.8, 4) is 0 Å². The molecular weight excluding hydrogens is 251 g/mol. The Balaban J connectivity index is 2.72. The molecule has 1 atom stereocenters. The number of amides is 1. The van der Waals surface area contributed by atoms with Gasteiger partial charge in [0.25, 0.3) is 5.91 Å². The molecule has 1 aromatic heterocycles. The van der Waals surface area contributed by atoms with Gasteiger partial charge in [-0.05, 0) is 12.1 Å². The van der Waals surface area contributed by atoms with Crippen molar-refractivity contribution >= 4 is 11.6 Å². The van der Waals surface area contributed by atoms with E-state index >= 15 is 0 Å². The van der Waals surface area contributed by atoms with Gasteiger partial charge in [0.2, 0.25) is 0 Å². The summed E-state index contributed by atoms with van der Waals surface area (Å²) >= 11 is 0. The maximum Gasteiger partial charge on any atom is 0.433 e. The summed E-state index contributed by atoms with van der Waals surface area (Å²) in [4.78, 5) is 14.7. The molecule has 1 heterocycles. The van der Waals surface area contributed by atoms with Gasteiger partial charge in [-0.1, -0.05) is 0 Å². The Bertz CT molecular complexity index is 402. The molecule has 0 bridgehead atoms. The fourth-order valence-corrected chi connectivity index (χ4v) is 1.17. The van der Waals surface area contributed by atoms with Crippen molar-refractivity contribution in [2.45, 2.75) is 12.3 Å². The first-order valence-corrected chi connectivity index (χ1v) is 4.95. The fraction of sp³-hybridized carbons (Fsp3) is 0.400. The van der Waals surface area contributed by atoms with Gasteiger partial charge in [0.05, 0.1) is 11.9 Å². The average Bonchev–Trinajstić information content (AvgIpc) is 2.30. The molecule has 1 rings (SSSR count). The van der Waals surface area contributed by atoms with Crippen LogP contribution in [0.2, 0.25) is 0 Å². The summed E-state index contributed by atoms with van der Waals surface area (Å²) < 4.78 is 41.5. The van der Waals surface area contributed by atoms with E-state index in [0.717, 1.165) is 18.3 Å². The molecule has 8 heteroatoms. The van der Waals surface area contributed by atoms with Crippen LogP contribution < -0.4 is 11.1 Å². The van der Waals surface area contributed by atoms with E-state index in [-0.39, 0.29) is 12.2 Å². The Morgan fingerprint density at radius 3 is 2.61 bits per heavy atom. The van der Waals surface area contributed by atoms with E-state index in [9.17, 15) is 18.0 Å². The molecule has 18 heavy (non-hydrogen) atoms. The molecule has 0 fully saturated rings. The minimum Gasteiger partial charge on any atom is -0.370 e. The average molecular weight is 263 g/mol. The molecule has 1 amide bonds. The van der Waals surface area contributed by atoms with Gasteiger partial charge in [-0.2, -0.15) is 13.2 Å². The standard InChI is InChI=1S/C10H12F3N3O2/c1-18-7(4-14)9(17)16-6-2-3-8(15-5-6)10(11,12)13/h2-3,5,7H,4,14H2,1H3,(H,16,17). The van der Waals surface area contributed by atoms with Crippen LogP contribution >= 0.6 is 0 Å². The van der Waals surface area contributed by atoms with Gasteiger partial charge in [0.15, 0.2) is 0 Å². The Morgan fingerprint density at radius 2 is 2.22 bits per heavy atom. The Hall–Kier alpha value is -1.67. The highest BCUT2D eigenvalue weighted by atomic mass is 19.4. The molecule has 5 nitrogen and oxygen atoms in total. The Labute approximate surface area is 101 Å². The summed E-state index contributed by atoms with van der Waals surface area (Å²) in [6, 6.07) is 1.89. The summed E-state index contributed by atoms with van der Waals surface area (Å²) in [5, 5.41) is 2.35. The van der Waals surface area contributed by atoms with Crippen LogP contribution in [0.25, 0.3) is 0 Å². The Kier molecular flexibility index (Phi) is 4.62. The molecule has 100 valence electrons. The predicted octanol–water partition coefficient (Wildman–Crippen LogP) is 1.01. The Morgan fingerprint density at radius 1 is 1.56 bits per heavy atom. The third-order valence-corrected chi connectivity index (χ3v) is 2.11. The highest BCUT2D eigenvalue weighted by Gasteiger charge is 2.32. The molecule has 1 unspecified atom stereocenters. The van der Waals surface area contributed by atoms with Crippen LogP contribution in [-0.2, 0) is 15.7 Å². The van der Waals surface area contributed by atoms with Gasteiger partial charge in [0.1, 0.15) is 11.8 Å². The summed E-state index contributed by atoms with van der Waals surface area (Å²) in [7, 11) is 1.31. The highest BCUT2D eigenvalue weighted by molar-refractivity contribution is 5.94. The normalized spacial score (nSPS) is 13.2. The summed E-state index contributed by atoms with van der Waals surface area (Å²) in [6.07, 6.45) is -4.44. The van der Waals surface area contributed by atoms with Crippen LogP contribution in [0.4, 0.5) is 18.9 Å². The molecule has 0 saturated carbocycles. The quantitative estimate of drug-likeness (QED) is 0.850.